The number of nitrogens with one attached hydrogen (secondary N) is 1. The summed E-state index contributed by atoms with van der Waals surface area (Å²) < 4.78 is 25.2. The largest absolute Gasteiger partial charge is 0.257 e. The van der Waals surface area contributed by atoms with Gasteiger partial charge in [0, 0.05) is 4.47 Å². The first-order valence-electron chi connectivity index (χ1n) is 3.22. The fourth-order valence-corrected chi connectivity index (χ4v) is 2.37. The maximum Gasteiger partial charge on any atom is 0.257 e. The molecule has 13 heavy (non-hydrogen) atoms. The van der Waals surface area contributed by atoms with Gasteiger partial charge in [-0.3, -0.25) is 0 Å². The smallest absolute Gasteiger partial charge is 0.223 e. The maximum atomic E-state index is 11.3. The molecule has 0 saturated carbocycles. The highest BCUT2D eigenvalue weighted by molar-refractivity contribution is 9.10. The van der Waals surface area contributed by atoms with E-state index >= 15 is 0 Å². The van der Waals surface area contributed by atoms with E-state index in [0.717, 1.165) is 0 Å². The standard InChI is InChI=1S/C6H6BrClN2O2S/c1-9-13(11,12)6-3-4(7)2-5(8)10-6/h2-3,9H,1H3. The van der Waals surface area contributed by atoms with Crippen LogP contribution in [-0.2, 0) is 10.0 Å². The Bertz CT molecular complexity index is 400. The molecule has 1 rings (SSSR count). The first-order valence-corrected chi connectivity index (χ1v) is 5.88. The van der Waals surface area contributed by atoms with E-state index < -0.39 is 10.0 Å². The van der Waals surface area contributed by atoms with Crippen molar-refractivity contribution >= 4 is 37.6 Å². The van der Waals surface area contributed by atoms with Crippen LogP contribution in [-0.4, -0.2) is 20.4 Å². The molecule has 1 aromatic rings. The van der Waals surface area contributed by atoms with Crippen molar-refractivity contribution in [3.63, 3.8) is 0 Å². The third-order valence-corrected chi connectivity index (χ3v) is 3.23. The molecule has 72 valence electrons. The summed E-state index contributed by atoms with van der Waals surface area (Å²) in [5, 5.41) is 0.0255. The van der Waals surface area contributed by atoms with Crippen LogP contribution in [0, 0.1) is 0 Å². The molecule has 0 spiro atoms. The molecule has 0 aliphatic rings. The van der Waals surface area contributed by atoms with E-state index in [0.29, 0.717) is 4.47 Å². The zero-order chi connectivity index (χ0) is 10.1. The average Bonchev–Trinajstić information content (AvgIpc) is 2.02. The van der Waals surface area contributed by atoms with Gasteiger partial charge in [-0.2, -0.15) is 0 Å². The summed E-state index contributed by atoms with van der Waals surface area (Å²) in [6, 6.07) is 2.88. The summed E-state index contributed by atoms with van der Waals surface area (Å²) in [6.07, 6.45) is 0. The zero-order valence-corrected chi connectivity index (χ0v) is 9.74. The second-order valence-electron chi connectivity index (χ2n) is 2.15. The molecule has 0 aliphatic heterocycles. The van der Waals surface area contributed by atoms with E-state index in [2.05, 4.69) is 25.6 Å². The Morgan fingerprint density at radius 2 is 2.15 bits per heavy atom. The number of halogens is 2. The van der Waals surface area contributed by atoms with Crippen LogP contribution >= 0.6 is 27.5 Å². The van der Waals surface area contributed by atoms with Crippen LogP contribution in [0.25, 0.3) is 0 Å². The lowest BCUT2D eigenvalue weighted by Gasteiger charge is -2.01. The number of aromatic nitrogens is 1. The minimum absolute atomic E-state index is 0.102. The number of nitrogens with zero attached hydrogens (tertiary/aromatic N) is 1. The fourth-order valence-electron chi connectivity index (χ4n) is 0.685. The number of rotatable bonds is 2. The topological polar surface area (TPSA) is 59.1 Å². The fraction of sp³-hybridized carbons (Fsp3) is 0.167. The van der Waals surface area contributed by atoms with Gasteiger partial charge in [-0.15, -0.1) is 0 Å². The summed E-state index contributed by atoms with van der Waals surface area (Å²) in [7, 11) is -2.21. The van der Waals surface area contributed by atoms with Gasteiger partial charge >= 0.3 is 0 Å². The van der Waals surface area contributed by atoms with Gasteiger partial charge in [0.2, 0.25) is 0 Å². The minimum Gasteiger partial charge on any atom is -0.223 e. The first-order chi connectivity index (χ1) is 5.95. The molecular weight excluding hydrogens is 280 g/mol. The third-order valence-electron chi connectivity index (χ3n) is 1.28. The number of hydrogen-bond acceptors (Lipinski definition) is 3. The van der Waals surface area contributed by atoms with Crippen LogP contribution < -0.4 is 4.72 Å². The molecule has 1 aromatic heterocycles. The van der Waals surface area contributed by atoms with Gasteiger partial charge < -0.3 is 0 Å². The van der Waals surface area contributed by atoms with E-state index in [4.69, 9.17) is 11.6 Å². The number of sulfonamides is 1. The first kappa shape index (κ1) is 10.9. The van der Waals surface area contributed by atoms with E-state index in [1.807, 2.05) is 0 Å². The van der Waals surface area contributed by atoms with Crippen molar-refractivity contribution in [3.8, 4) is 0 Å². The van der Waals surface area contributed by atoms with Gasteiger partial charge in [-0.1, -0.05) is 27.5 Å². The van der Waals surface area contributed by atoms with Gasteiger partial charge in [0.1, 0.15) is 5.15 Å². The highest BCUT2D eigenvalue weighted by atomic mass is 79.9. The number of hydrogen-bond donors (Lipinski definition) is 1. The van der Waals surface area contributed by atoms with E-state index in [1.165, 1.54) is 19.2 Å². The van der Waals surface area contributed by atoms with E-state index in [9.17, 15) is 8.42 Å². The van der Waals surface area contributed by atoms with Crippen molar-refractivity contribution in [3.05, 3.63) is 21.8 Å². The summed E-state index contributed by atoms with van der Waals surface area (Å²) in [5.74, 6) is 0. The molecule has 0 bridgehead atoms. The molecule has 1 N–H and O–H groups in total. The Labute approximate surface area is 89.5 Å². The Balaban J connectivity index is 3.32. The Hall–Kier alpha value is -0.170. The van der Waals surface area contributed by atoms with Crippen LogP contribution in [0.15, 0.2) is 21.6 Å². The molecule has 1 heterocycles. The van der Waals surface area contributed by atoms with Crippen molar-refractivity contribution in [2.24, 2.45) is 0 Å². The van der Waals surface area contributed by atoms with Crippen molar-refractivity contribution in [2.75, 3.05) is 7.05 Å². The van der Waals surface area contributed by atoms with Crippen LogP contribution in [0.4, 0.5) is 0 Å². The summed E-state index contributed by atoms with van der Waals surface area (Å²) in [5.41, 5.74) is 0. The molecule has 4 nitrogen and oxygen atoms in total. The Kier molecular flexibility index (Phi) is 3.28. The molecule has 0 fully saturated rings. The quantitative estimate of drug-likeness (QED) is 0.836. The summed E-state index contributed by atoms with van der Waals surface area (Å²) in [6.45, 7) is 0. The molecule has 7 heteroatoms. The van der Waals surface area contributed by atoms with Crippen molar-refractivity contribution in [2.45, 2.75) is 5.03 Å². The van der Waals surface area contributed by atoms with Crippen LogP contribution in [0.5, 0.6) is 0 Å². The summed E-state index contributed by atoms with van der Waals surface area (Å²) >= 11 is 8.70. The lowest BCUT2D eigenvalue weighted by molar-refractivity contribution is 0.584. The van der Waals surface area contributed by atoms with Gasteiger partial charge in [-0.05, 0) is 19.2 Å². The van der Waals surface area contributed by atoms with Crippen LogP contribution in [0.2, 0.25) is 5.15 Å². The monoisotopic (exact) mass is 284 g/mol. The molecule has 0 atom stereocenters. The van der Waals surface area contributed by atoms with Crippen molar-refractivity contribution in [1.82, 2.24) is 9.71 Å². The van der Waals surface area contributed by atoms with Crippen LogP contribution in [0.3, 0.4) is 0 Å². The van der Waals surface area contributed by atoms with Gasteiger partial charge in [0.05, 0.1) is 0 Å². The molecular formula is C6H6BrClN2O2S. The molecule has 0 amide bonds. The highest BCUT2D eigenvalue weighted by Crippen LogP contribution is 2.18. The Morgan fingerprint density at radius 3 is 2.62 bits per heavy atom. The lowest BCUT2D eigenvalue weighted by Crippen LogP contribution is -2.19. The second-order valence-corrected chi connectivity index (χ2v) is 5.29. The Morgan fingerprint density at radius 1 is 1.54 bits per heavy atom. The molecule has 0 radical (unpaired) electrons. The molecule has 0 aromatic carbocycles. The van der Waals surface area contributed by atoms with Gasteiger partial charge in [0.15, 0.2) is 5.03 Å². The average molecular weight is 286 g/mol. The second kappa shape index (κ2) is 3.91. The molecule has 0 aliphatic carbocycles. The third kappa shape index (κ3) is 2.63. The lowest BCUT2D eigenvalue weighted by atomic mass is 10.5. The predicted molar refractivity (Wildman–Crippen MR) is 53.2 cm³/mol. The maximum absolute atomic E-state index is 11.3. The molecule has 0 unspecified atom stereocenters. The minimum atomic E-state index is -3.52. The van der Waals surface area contributed by atoms with Crippen molar-refractivity contribution < 1.29 is 8.42 Å². The van der Waals surface area contributed by atoms with Gasteiger partial charge in [-0.25, -0.2) is 18.1 Å². The zero-order valence-electron chi connectivity index (χ0n) is 6.58. The highest BCUT2D eigenvalue weighted by Gasteiger charge is 2.14. The van der Waals surface area contributed by atoms with Crippen LogP contribution in [0.1, 0.15) is 0 Å². The molecule has 0 saturated heterocycles. The van der Waals surface area contributed by atoms with Crippen molar-refractivity contribution in [1.29, 1.82) is 0 Å². The predicted octanol–water partition coefficient (Wildman–Crippen LogP) is 1.41. The normalized spacial score (nSPS) is 11.6. The van der Waals surface area contributed by atoms with E-state index in [1.54, 1.807) is 0 Å². The van der Waals surface area contributed by atoms with Gasteiger partial charge in [0.25, 0.3) is 10.0 Å². The number of pyridine rings is 1. The SMILES string of the molecule is CNS(=O)(=O)c1cc(Br)cc(Cl)n1. The summed E-state index contributed by atoms with van der Waals surface area (Å²) in [4.78, 5) is 3.66. The van der Waals surface area contributed by atoms with E-state index in [-0.39, 0.29) is 10.2 Å².